The molecule has 0 saturated heterocycles. The van der Waals surface area contributed by atoms with E-state index in [4.69, 9.17) is 16.7 Å². The normalized spacial score (nSPS) is 17.6. The molecular weight excluding hydrogens is 352 g/mol. The molecule has 0 spiro atoms. The van der Waals surface area contributed by atoms with Crippen molar-refractivity contribution in [1.29, 1.82) is 0 Å². The van der Waals surface area contributed by atoms with Gasteiger partial charge in [0.1, 0.15) is 0 Å². The maximum absolute atomic E-state index is 12.3. The van der Waals surface area contributed by atoms with Gasteiger partial charge >= 0.3 is 5.97 Å². The summed E-state index contributed by atoms with van der Waals surface area (Å²) >= 11 is 10.5. The summed E-state index contributed by atoms with van der Waals surface area (Å²) in [5.41, 5.74) is -0.355. The predicted molar refractivity (Wildman–Crippen MR) is 79.1 cm³/mol. The number of thiophene rings is 1. The lowest BCUT2D eigenvalue weighted by Gasteiger charge is -2.25. The van der Waals surface area contributed by atoms with Crippen LogP contribution in [0.5, 0.6) is 0 Å². The van der Waals surface area contributed by atoms with Crippen molar-refractivity contribution in [3.63, 3.8) is 0 Å². The van der Waals surface area contributed by atoms with Crippen LogP contribution in [0.2, 0.25) is 5.02 Å². The molecule has 1 aliphatic rings. The molecule has 0 atom stereocenters. The van der Waals surface area contributed by atoms with E-state index in [1.54, 1.807) is 6.07 Å². The lowest BCUT2D eigenvalue weighted by atomic mass is 9.78. The molecule has 19 heavy (non-hydrogen) atoms. The van der Waals surface area contributed by atoms with Gasteiger partial charge in [-0.25, -0.2) is 0 Å². The van der Waals surface area contributed by atoms with Gasteiger partial charge in [0.05, 0.1) is 20.1 Å². The lowest BCUT2D eigenvalue weighted by molar-refractivity contribution is -0.139. The zero-order valence-electron chi connectivity index (χ0n) is 10.2. The fraction of sp³-hybridized carbons (Fsp3) is 0.538. The van der Waals surface area contributed by atoms with Crippen molar-refractivity contribution in [2.45, 2.75) is 38.5 Å². The highest BCUT2D eigenvalue weighted by molar-refractivity contribution is 9.11. The van der Waals surface area contributed by atoms with Crippen LogP contribution in [-0.2, 0) is 4.79 Å². The van der Waals surface area contributed by atoms with Gasteiger partial charge in [-0.3, -0.25) is 9.59 Å². The van der Waals surface area contributed by atoms with Gasteiger partial charge in [0.15, 0.2) is 5.78 Å². The molecule has 0 aromatic carbocycles. The molecule has 1 saturated carbocycles. The first-order valence-electron chi connectivity index (χ1n) is 6.12. The van der Waals surface area contributed by atoms with Crippen LogP contribution in [0.25, 0.3) is 0 Å². The molecule has 104 valence electrons. The number of carboxylic acid groups (broad SMARTS) is 1. The number of carbonyl (C=O) groups excluding carboxylic acids is 1. The van der Waals surface area contributed by atoms with E-state index in [9.17, 15) is 9.59 Å². The van der Waals surface area contributed by atoms with E-state index in [2.05, 4.69) is 15.9 Å². The molecule has 0 aliphatic heterocycles. The summed E-state index contributed by atoms with van der Waals surface area (Å²) in [5.74, 6) is -0.819. The average Bonchev–Trinajstić information content (AvgIpc) is 2.87. The van der Waals surface area contributed by atoms with Gasteiger partial charge in [0.25, 0.3) is 0 Å². The molecule has 0 unspecified atom stereocenters. The van der Waals surface area contributed by atoms with Crippen molar-refractivity contribution in [2.24, 2.45) is 5.41 Å². The highest BCUT2D eigenvalue weighted by atomic mass is 79.9. The van der Waals surface area contributed by atoms with Crippen LogP contribution >= 0.6 is 38.9 Å². The van der Waals surface area contributed by atoms with Crippen LogP contribution in [0.1, 0.15) is 48.2 Å². The summed E-state index contributed by atoms with van der Waals surface area (Å²) in [6.45, 7) is 0. The SMILES string of the molecule is O=C(O)CC1(CC(=O)c2cc(Cl)c(Br)s2)CCCC1. The second-order valence-electron chi connectivity index (χ2n) is 5.11. The fourth-order valence-corrected chi connectivity index (χ4v) is 4.41. The topological polar surface area (TPSA) is 54.4 Å². The Morgan fingerprint density at radius 1 is 1.37 bits per heavy atom. The molecular formula is C13H14BrClO3S. The Hall–Kier alpha value is -0.390. The summed E-state index contributed by atoms with van der Waals surface area (Å²) in [6, 6.07) is 1.65. The number of halogens is 2. The van der Waals surface area contributed by atoms with E-state index in [1.165, 1.54) is 11.3 Å². The smallest absolute Gasteiger partial charge is 0.303 e. The fourth-order valence-electron chi connectivity index (χ4n) is 2.77. The molecule has 1 aliphatic carbocycles. The largest absolute Gasteiger partial charge is 0.481 e. The minimum Gasteiger partial charge on any atom is -0.481 e. The molecule has 3 nitrogen and oxygen atoms in total. The van der Waals surface area contributed by atoms with Crippen molar-refractivity contribution in [2.75, 3.05) is 0 Å². The Balaban J connectivity index is 2.13. The van der Waals surface area contributed by atoms with Gasteiger partial charge in [0, 0.05) is 6.42 Å². The number of hydrogen-bond acceptors (Lipinski definition) is 3. The van der Waals surface area contributed by atoms with Crippen molar-refractivity contribution in [3.05, 3.63) is 19.8 Å². The van der Waals surface area contributed by atoms with Gasteiger partial charge < -0.3 is 5.11 Å². The van der Waals surface area contributed by atoms with Gasteiger partial charge in [-0.05, 0) is 40.3 Å². The Kier molecular flexibility index (Phi) is 4.69. The number of aliphatic carboxylic acids is 1. The van der Waals surface area contributed by atoms with E-state index in [0.717, 1.165) is 29.5 Å². The molecule has 1 aromatic rings. The molecule has 0 amide bonds. The number of ketones is 1. The monoisotopic (exact) mass is 364 g/mol. The first-order chi connectivity index (χ1) is 8.92. The third-order valence-electron chi connectivity index (χ3n) is 3.65. The highest BCUT2D eigenvalue weighted by Crippen LogP contribution is 2.45. The van der Waals surface area contributed by atoms with E-state index in [0.29, 0.717) is 16.3 Å². The number of carboxylic acids is 1. The van der Waals surface area contributed by atoms with E-state index < -0.39 is 5.97 Å². The Labute approximate surface area is 129 Å². The Bertz CT molecular complexity index is 486. The number of rotatable bonds is 5. The molecule has 1 heterocycles. The highest BCUT2D eigenvalue weighted by Gasteiger charge is 2.38. The van der Waals surface area contributed by atoms with Gasteiger partial charge in [-0.2, -0.15) is 0 Å². The van der Waals surface area contributed by atoms with Crippen LogP contribution in [0.15, 0.2) is 9.85 Å². The summed E-state index contributed by atoms with van der Waals surface area (Å²) in [5, 5.41) is 9.57. The Morgan fingerprint density at radius 2 is 2.00 bits per heavy atom. The van der Waals surface area contributed by atoms with E-state index in [-0.39, 0.29) is 17.6 Å². The van der Waals surface area contributed by atoms with Crippen LogP contribution in [0.4, 0.5) is 0 Å². The Morgan fingerprint density at radius 3 is 2.47 bits per heavy atom. The van der Waals surface area contributed by atoms with Crippen molar-refractivity contribution >= 4 is 50.6 Å². The summed E-state index contributed by atoms with van der Waals surface area (Å²) in [4.78, 5) is 23.9. The van der Waals surface area contributed by atoms with Crippen LogP contribution in [0.3, 0.4) is 0 Å². The first-order valence-corrected chi connectivity index (χ1v) is 8.10. The van der Waals surface area contributed by atoms with Gasteiger partial charge in [-0.15, -0.1) is 11.3 Å². The molecule has 0 radical (unpaired) electrons. The van der Waals surface area contributed by atoms with Crippen molar-refractivity contribution in [1.82, 2.24) is 0 Å². The van der Waals surface area contributed by atoms with Crippen LogP contribution < -0.4 is 0 Å². The summed E-state index contributed by atoms with van der Waals surface area (Å²) in [7, 11) is 0. The van der Waals surface area contributed by atoms with Crippen LogP contribution in [0, 0.1) is 5.41 Å². The lowest BCUT2D eigenvalue weighted by Crippen LogP contribution is -2.24. The minimum absolute atomic E-state index is 0.000694. The van der Waals surface area contributed by atoms with E-state index in [1.807, 2.05) is 0 Å². The third-order valence-corrected chi connectivity index (χ3v) is 6.16. The quantitative estimate of drug-likeness (QED) is 0.765. The van der Waals surface area contributed by atoms with E-state index >= 15 is 0 Å². The molecule has 6 heteroatoms. The van der Waals surface area contributed by atoms with Crippen LogP contribution in [-0.4, -0.2) is 16.9 Å². The second-order valence-corrected chi connectivity index (χ2v) is 7.89. The van der Waals surface area contributed by atoms with Gasteiger partial charge in [0.2, 0.25) is 0 Å². The summed E-state index contributed by atoms with van der Waals surface area (Å²) in [6.07, 6.45) is 4.06. The molecule has 1 fully saturated rings. The zero-order valence-corrected chi connectivity index (χ0v) is 13.4. The minimum atomic E-state index is -0.819. The van der Waals surface area contributed by atoms with Crippen molar-refractivity contribution in [3.8, 4) is 0 Å². The number of Topliss-reactive ketones (excluding diaryl/α,β-unsaturated/α-hetero) is 1. The van der Waals surface area contributed by atoms with Crippen molar-refractivity contribution < 1.29 is 14.7 Å². The number of carbonyl (C=O) groups is 2. The average molecular weight is 366 g/mol. The molecule has 2 rings (SSSR count). The maximum Gasteiger partial charge on any atom is 0.303 e. The second kappa shape index (κ2) is 5.94. The van der Waals surface area contributed by atoms with Gasteiger partial charge in [-0.1, -0.05) is 24.4 Å². The maximum atomic E-state index is 12.3. The standard InChI is InChI=1S/C13H14BrClO3S/c14-12-8(15)5-10(19-12)9(16)6-13(7-11(17)18)3-1-2-4-13/h5H,1-4,6-7H2,(H,17,18). The molecule has 1 N–H and O–H groups in total. The summed E-state index contributed by atoms with van der Waals surface area (Å²) < 4.78 is 0.747. The number of hydrogen-bond donors (Lipinski definition) is 1. The zero-order chi connectivity index (χ0) is 14.0. The predicted octanol–water partition coefficient (Wildman–Crippen LogP) is 4.77. The molecule has 1 aromatic heterocycles. The molecule has 0 bridgehead atoms. The first kappa shape index (κ1) is 15.0. The third kappa shape index (κ3) is 3.58.